The first-order chi connectivity index (χ1) is 11.8. The van der Waals surface area contributed by atoms with Crippen molar-refractivity contribution in [1.82, 2.24) is 10.3 Å². The SMILES string of the molecule is CCC(CC)C(=O)NC(C)(C)COc1cccc2nc(C)cc(N)c12. The highest BCUT2D eigenvalue weighted by Gasteiger charge is 2.25. The van der Waals surface area contributed by atoms with Crippen molar-refractivity contribution in [2.45, 2.75) is 53.0 Å². The fraction of sp³-hybridized carbons (Fsp3) is 0.500. The number of fused-ring (bicyclic) bond motifs is 1. The van der Waals surface area contributed by atoms with Gasteiger partial charge < -0.3 is 15.8 Å². The Hall–Kier alpha value is -2.30. The minimum absolute atomic E-state index is 0.0413. The van der Waals surface area contributed by atoms with Crippen LogP contribution in [0.15, 0.2) is 24.3 Å². The van der Waals surface area contributed by atoms with Gasteiger partial charge in [-0.05, 0) is 51.8 Å². The maximum absolute atomic E-state index is 12.3. The van der Waals surface area contributed by atoms with Crippen molar-refractivity contribution in [2.75, 3.05) is 12.3 Å². The zero-order chi connectivity index (χ0) is 18.6. The van der Waals surface area contributed by atoms with Crippen LogP contribution in [0, 0.1) is 12.8 Å². The van der Waals surface area contributed by atoms with Crippen LogP contribution in [0.3, 0.4) is 0 Å². The number of anilines is 1. The van der Waals surface area contributed by atoms with E-state index in [2.05, 4.69) is 10.3 Å². The van der Waals surface area contributed by atoms with Crippen LogP contribution in [0.25, 0.3) is 10.9 Å². The number of nitrogen functional groups attached to an aromatic ring is 1. The zero-order valence-electron chi connectivity index (χ0n) is 15.8. The summed E-state index contributed by atoms with van der Waals surface area (Å²) in [5, 5.41) is 3.90. The van der Waals surface area contributed by atoms with Crippen LogP contribution in [0.2, 0.25) is 0 Å². The summed E-state index contributed by atoms with van der Waals surface area (Å²) in [7, 11) is 0. The number of hydrogen-bond acceptors (Lipinski definition) is 4. The first-order valence-electron chi connectivity index (χ1n) is 8.88. The lowest BCUT2D eigenvalue weighted by atomic mass is 9.99. The lowest BCUT2D eigenvalue weighted by molar-refractivity contribution is -0.127. The molecule has 5 nitrogen and oxygen atoms in total. The van der Waals surface area contributed by atoms with Crippen molar-refractivity contribution in [2.24, 2.45) is 5.92 Å². The maximum Gasteiger partial charge on any atom is 0.223 e. The largest absolute Gasteiger partial charge is 0.490 e. The summed E-state index contributed by atoms with van der Waals surface area (Å²) in [6.45, 7) is 10.3. The smallest absolute Gasteiger partial charge is 0.223 e. The second-order valence-corrected chi connectivity index (χ2v) is 7.18. The molecule has 0 radical (unpaired) electrons. The van der Waals surface area contributed by atoms with E-state index in [1.54, 1.807) is 0 Å². The predicted molar refractivity (Wildman–Crippen MR) is 103 cm³/mol. The van der Waals surface area contributed by atoms with E-state index in [0.717, 1.165) is 29.4 Å². The number of hydrogen-bond donors (Lipinski definition) is 2. The molecule has 0 spiro atoms. The number of nitrogens with two attached hydrogens (primary N) is 1. The second kappa shape index (κ2) is 7.72. The first kappa shape index (κ1) is 19.0. The number of aromatic nitrogens is 1. The summed E-state index contributed by atoms with van der Waals surface area (Å²) in [5.41, 5.74) is 8.03. The van der Waals surface area contributed by atoms with E-state index in [1.807, 2.05) is 58.9 Å². The molecular formula is C20H29N3O2. The van der Waals surface area contributed by atoms with Crippen LogP contribution in [-0.2, 0) is 4.79 Å². The highest BCUT2D eigenvalue weighted by molar-refractivity contribution is 5.95. The summed E-state index contributed by atoms with van der Waals surface area (Å²) in [4.78, 5) is 16.8. The third-order valence-electron chi connectivity index (χ3n) is 4.36. The molecule has 1 heterocycles. The third-order valence-corrected chi connectivity index (χ3v) is 4.36. The van der Waals surface area contributed by atoms with Gasteiger partial charge in [0.15, 0.2) is 0 Å². The van der Waals surface area contributed by atoms with Crippen LogP contribution >= 0.6 is 0 Å². The summed E-state index contributed by atoms with van der Waals surface area (Å²) >= 11 is 0. The molecule has 0 fully saturated rings. The van der Waals surface area contributed by atoms with Gasteiger partial charge in [0, 0.05) is 17.3 Å². The van der Waals surface area contributed by atoms with Gasteiger partial charge in [0.1, 0.15) is 12.4 Å². The maximum atomic E-state index is 12.3. The quantitative estimate of drug-likeness (QED) is 0.801. The van der Waals surface area contributed by atoms with Gasteiger partial charge in [0.25, 0.3) is 0 Å². The minimum Gasteiger partial charge on any atom is -0.490 e. The molecule has 2 rings (SSSR count). The average molecular weight is 343 g/mol. The standard InChI is InChI=1S/C20H29N3O2/c1-6-14(7-2)19(24)23-20(4,5)12-25-17-10-8-9-16-18(17)15(21)11-13(3)22-16/h8-11,14H,6-7,12H2,1-5H3,(H2,21,22)(H,23,24). The van der Waals surface area contributed by atoms with E-state index in [9.17, 15) is 4.79 Å². The summed E-state index contributed by atoms with van der Waals surface area (Å²) in [6, 6.07) is 7.55. The molecule has 0 aliphatic rings. The number of benzene rings is 1. The van der Waals surface area contributed by atoms with Gasteiger partial charge >= 0.3 is 0 Å². The molecule has 0 saturated carbocycles. The van der Waals surface area contributed by atoms with E-state index in [4.69, 9.17) is 10.5 Å². The Morgan fingerprint density at radius 3 is 2.64 bits per heavy atom. The van der Waals surface area contributed by atoms with Crippen LogP contribution in [0.5, 0.6) is 5.75 Å². The van der Waals surface area contributed by atoms with Gasteiger partial charge in [-0.15, -0.1) is 0 Å². The Morgan fingerprint density at radius 1 is 1.32 bits per heavy atom. The van der Waals surface area contributed by atoms with E-state index in [0.29, 0.717) is 18.0 Å². The number of pyridine rings is 1. The van der Waals surface area contributed by atoms with E-state index < -0.39 is 5.54 Å². The summed E-state index contributed by atoms with van der Waals surface area (Å²) in [6.07, 6.45) is 1.67. The Morgan fingerprint density at radius 2 is 2.00 bits per heavy atom. The molecule has 5 heteroatoms. The molecule has 0 aliphatic carbocycles. The second-order valence-electron chi connectivity index (χ2n) is 7.18. The average Bonchev–Trinajstić information content (AvgIpc) is 2.53. The molecule has 25 heavy (non-hydrogen) atoms. The summed E-state index contributed by atoms with van der Waals surface area (Å²) < 4.78 is 6.02. The molecule has 0 aliphatic heterocycles. The predicted octanol–water partition coefficient (Wildman–Crippen LogP) is 3.84. The van der Waals surface area contributed by atoms with Crippen LogP contribution in [0.1, 0.15) is 46.2 Å². The van der Waals surface area contributed by atoms with Crippen molar-refractivity contribution in [3.8, 4) is 5.75 Å². The number of ether oxygens (including phenoxy) is 1. The number of nitrogens with zero attached hydrogens (tertiary/aromatic N) is 1. The number of carbonyl (C=O) groups excluding carboxylic acids is 1. The molecule has 136 valence electrons. The molecule has 1 amide bonds. The Labute approximate surface area is 150 Å². The minimum atomic E-state index is -0.477. The number of carbonyl (C=O) groups is 1. The monoisotopic (exact) mass is 343 g/mol. The number of rotatable bonds is 7. The molecule has 3 N–H and O–H groups in total. The molecule has 2 aromatic rings. The van der Waals surface area contributed by atoms with E-state index >= 15 is 0 Å². The molecule has 1 aromatic carbocycles. The number of aryl methyl sites for hydroxylation is 1. The van der Waals surface area contributed by atoms with Gasteiger partial charge in [-0.3, -0.25) is 9.78 Å². The van der Waals surface area contributed by atoms with Gasteiger partial charge in [-0.1, -0.05) is 19.9 Å². The molecule has 1 aromatic heterocycles. The topological polar surface area (TPSA) is 77.2 Å². The lowest BCUT2D eigenvalue weighted by Gasteiger charge is -2.28. The first-order valence-corrected chi connectivity index (χ1v) is 8.88. The van der Waals surface area contributed by atoms with Crippen LogP contribution in [-0.4, -0.2) is 23.0 Å². The normalized spacial score (nSPS) is 11.8. The molecular weight excluding hydrogens is 314 g/mol. The Balaban J connectivity index is 2.15. The fourth-order valence-electron chi connectivity index (χ4n) is 2.93. The molecule has 0 unspecified atom stereocenters. The van der Waals surface area contributed by atoms with Gasteiger partial charge in [0.2, 0.25) is 5.91 Å². The summed E-state index contributed by atoms with van der Waals surface area (Å²) in [5.74, 6) is 0.806. The van der Waals surface area contributed by atoms with Crippen LogP contribution < -0.4 is 15.8 Å². The third kappa shape index (κ3) is 4.62. The van der Waals surface area contributed by atoms with Crippen molar-refractivity contribution in [3.63, 3.8) is 0 Å². The van der Waals surface area contributed by atoms with Gasteiger partial charge in [-0.25, -0.2) is 0 Å². The van der Waals surface area contributed by atoms with Crippen LogP contribution in [0.4, 0.5) is 5.69 Å². The number of nitrogens with one attached hydrogen (secondary N) is 1. The highest BCUT2D eigenvalue weighted by atomic mass is 16.5. The fourth-order valence-corrected chi connectivity index (χ4v) is 2.93. The zero-order valence-corrected chi connectivity index (χ0v) is 15.8. The molecule has 0 saturated heterocycles. The van der Waals surface area contributed by atoms with Crippen molar-refractivity contribution in [1.29, 1.82) is 0 Å². The Kier molecular flexibility index (Phi) is 5.88. The number of amides is 1. The Bertz CT molecular complexity index is 752. The van der Waals surface area contributed by atoms with E-state index in [1.165, 1.54) is 0 Å². The van der Waals surface area contributed by atoms with Gasteiger partial charge in [-0.2, -0.15) is 0 Å². The van der Waals surface area contributed by atoms with Crippen molar-refractivity contribution < 1.29 is 9.53 Å². The van der Waals surface area contributed by atoms with Gasteiger partial charge in [0.05, 0.1) is 16.4 Å². The van der Waals surface area contributed by atoms with Crippen molar-refractivity contribution >= 4 is 22.5 Å². The highest BCUT2D eigenvalue weighted by Crippen LogP contribution is 2.30. The molecule has 0 atom stereocenters. The lowest BCUT2D eigenvalue weighted by Crippen LogP contribution is -2.49. The van der Waals surface area contributed by atoms with Crippen molar-refractivity contribution in [3.05, 3.63) is 30.0 Å². The van der Waals surface area contributed by atoms with E-state index in [-0.39, 0.29) is 11.8 Å². The molecule has 0 bridgehead atoms.